The summed E-state index contributed by atoms with van der Waals surface area (Å²) in [6.07, 6.45) is 0.772. The summed E-state index contributed by atoms with van der Waals surface area (Å²) in [6, 6.07) is 0. The van der Waals surface area contributed by atoms with Crippen molar-refractivity contribution < 1.29 is 23.3 Å². The molecule has 7 heteroatoms. The van der Waals surface area contributed by atoms with Crippen LogP contribution in [-0.2, 0) is 23.3 Å². The monoisotopic (exact) mass is 354 g/mol. The molecular formula is C18H36B2O5. The average molecular weight is 354 g/mol. The lowest BCUT2D eigenvalue weighted by atomic mass is 9.63. The molecule has 2 rings (SSSR count). The molecule has 2 fully saturated rings. The summed E-state index contributed by atoms with van der Waals surface area (Å²) >= 11 is 0. The Balaban J connectivity index is 2.22. The SMILES string of the molecule is CC(C)CC(C)(OB1OC(C)(C)C(C)(C)O1)B1OC(C)(C)C(C)(C)O1. The van der Waals surface area contributed by atoms with Crippen LogP contribution in [0, 0.1) is 5.92 Å². The van der Waals surface area contributed by atoms with Crippen molar-refractivity contribution in [2.24, 2.45) is 5.92 Å². The first-order valence-corrected chi connectivity index (χ1v) is 9.40. The minimum Gasteiger partial charge on any atom is -0.401 e. The van der Waals surface area contributed by atoms with E-state index in [0.717, 1.165) is 6.42 Å². The second-order valence-electron chi connectivity index (χ2n) is 10.2. The number of hydrogen-bond donors (Lipinski definition) is 0. The van der Waals surface area contributed by atoms with Crippen LogP contribution in [0.5, 0.6) is 0 Å². The van der Waals surface area contributed by atoms with Gasteiger partial charge in [-0.1, -0.05) is 13.8 Å². The van der Waals surface area contributed by atoms with Gasteiger partial charge in [-0.25, -0.2) is 0 Å². The molecule has 0 spiro atoms. The molecular weight excluding hydrogens is 318 g/mol. The van der Waals surface area contributed by atoms with Gasteiger partial charge in [-0.05, 0) is 74.7 Å². The second-order valence-corrected chi connectivity index (χ2v) is 10.2. The van der Waals surface area contributed by atoms with Gasteiger partial charge in [-0.2, -0.15) is 0 Å². The molecule has 144 valence electrons. The molecule has 0 aliphatic carbocycles. The third kappa shape index (κ3) is 3.96. The van der Waals surface area contributed by atoms with Crippen molar-refractivity contribution in [2.45, 2.75) is 110 Å². The third-order valence-corrected chi connectivity index (χ3v) is 6.16. The molecule has 25 heavy (non-hydrogen) atoms. The van der Waals surface area contributed by atoms with Gasteiger partial charge in [0.15, 0.2) is 0 Å². The van der Waals surface area contributed by atoms with E-state index in [-0.39, 0.29) is 0 Å². The first kappa shape index (κ1) is 21.2. The first-order valence-electron chi connectivity index (χ1n) is 9.40. The molecule has 0 saturated carbocycles. The van der Waals surface area contributed by atoms with Gasteiger partial charge in [-0.3, -0.25) is 0 Å². The Morgan fingerprint density at radius 2 is 1.12 bits per heavy atom. The van der Waals surface area contributed by atoms with Crippen molar-refractivity contribution in [3.63, 3.8) is 0 Å². The molecule has 5 nitrogen and oxygen atoms in total. The fourth-order valence-corrected chi connectivity index (χ4v) is 3.16. The highest BCUT2D eigenvalue weighted by Crippen LogP contribution is 2.44. The predicted octanol–water partition coefficient (Wildman–Crippen LogP) is 4.03. The van der Waals surface area contributed by atoms with Crippen LogP contribution in [0.25, 0.3) is 0 Å². The highest BCUT2D eigenvalue weighted by atomic mass is 16.8. The van der Waals surface area contributed by atoms with Crippen LogP contribution in [0.4, 0.5) is 0 Å². The molecule has 2 aliphatic rings. The zero-order valence-corrected chi connectivity index (χ0v) is 18.0. The summed E-state index contributed by atoms with van der Waals surface area (Å²) in [7, 11) is -1.23. The molecule has 0 amide bonds. The fraction of sp³-hybridized carbons (Fsp3) is 1.00. The van der Waals surface area contributed by atoms with Crippen LogP contribution in [0.1, 0.15) is 82.6 Å². The van der Waals surface area contributed by atoms with Crippen LogP contribution in [0.2, 0.25) is 0 Å². The van der Waals surface area contributed by atoms with E-state index in [1.807, 2.05) is 34.6 Å². The fourth-order valence-electron chi connectivity index (χ4n) is 3.16. The van der Waals surface area contributed by atoms with Crippen molar-refractivity contribution in [1.29, 1.82) is 0 Å². The lowest BCUT2D eigenvalue weighted by Gasteiger charge is -2.34. The van der Waals surface area contributed by atoms with Gasteiger partial charge in [0.25, 0.3) is 0 Å². The lowest BCUT2D eigenvalue weighted by molar-refractivity contribution is 0.00578. The normalized spacial score (nSPS) is 29.3. The summed E-state index contributed by atoms with van der Waals surface area (Å²) in [5.41, 5.74) is -2.37. The molecule has 1 unspecified atom stereocenters. The van der Waals surface area contributed by atoms with E-state index in [1.54, 1.807) is 0 Å². The zero-order valence-electron chi connectivity index (χ0n) is 18.0. The molecule has 0 N–H and O–H groups in total. The highest BCUT2D eigenvalue weighted by Gasteiger charge is 2.62. The van der Waals surface area contributed by atoms with Gasteiger partial charge in [0.1, 0.15) is 0 Å². The van der Waals surface area contributed by atoms with Crippen LogP contribution >= 0.6 is 0 Å². The van der Waals surface area contributed by atoms with Crippen LogP contribution in [-0.4, -0.2) is 42.3 Å². The number of rotatable bonds is 5. The molecule has 0 aromatic heterocycles. The minimum absolute atomic E-state index is 0.408. The highest BCUT2D eigenvalue weighted by molar-refractivity contribution is 6.51. The summed E-state index contributed by atoms with van der Waals surface area (Å²) in [6.45, 7) is 22.6. The summed E-state index contributed by atoms with van der Waals surface area (Å²) < 4.78 is 31.0. The van der Waals surface area contributed by atoms with Crippen molar-refractivity contribution in [3.05, 3.63) is 0 Å². The van der Waals surface area contributed by atoms with E-state index in [0.29, 0.717) is 5.92 Å². The van der Waals surface area contributed by atoms with Gasteiger partial charge < -0.3 is 23.3 Å². The van der Waals surface area contributed by atoms with Crippen molar-refractivity contribution in [2.75, 3.05) is 0 Å². The van der Waals surface area contributed by atoms with E-state index in [4.69, 9.17) is 23.3 Å². The summed E-state index contributed by atoms with van der Waals surface area (Å²) in [5.74, 6) is 0.409. The number of hydrogen-bond acceptors (Lipinski definition) is 5. The third-order valence-electron chi connectivity index (χ3n) is 6.16. The first-order chi connectivity index (χ1) is 11.0. The Bertz CT molecular complexity index is 472. The molecule has 2 heterocycles. The Hall–Kier alpha value is -0.0701. The van der Waals surface area contributed by atoms with Crippen LogP contribution in [0.3, 0.4) is 0 Å². The smallest absolute Gasteiger partial charge is 0.401 e. The summed E-state index contributed by atoms with van der Waals surface area (Å²) in [5, 5.41) is 0. The topological polar surface area (TPSA) is 46.2 Å². The van der Waals surface area contributed by atoms with Crippen molar-refractivity contribution in [1.82, 2.24) is 0 Å². The Labute approximate surface area is 154 Å². The van der Waals surface area contributed by atoms with E-state index in [2.05, 4.69) is 41.5 Å². The van der Waals surface area contributed by atoms with E-state index in [9.17, 15) is 0 Å². The van der Waals surface area contributed by atoms with Crippen LogP contribution < -0.4 is 0 Å². The quantitative estimate of drug-likeness (QED) is 0.698. The lowest BCUT2D eigenvalue weighted by Crippen LogP contribution is -2.52. The maximum atomic E-state index is 6.36. The molecule has 2 saturated heterocycles. The molecule has 0 radical (unpaired) electrons. The molecule has 0 bridgehead atoms. The van der Waals surface area contributed by atoms with Crippen molar-refractivity contribution in [3.8, 4) is 0 Å². The molecule has 2 aliphatic heterocycles. The Kier molecular flexibility index (Phi) is 5.29. The molecule has 0 aromatic carbocycles. The largest absolute Gasteiger partial charge is 0.640 e. The van der Waals surface area contributed by atoms with E-state index >= 15 is 0 Å². The van der Waals surface area contributed by atoms with Gasteiger partial charge in [0.2, 0.25) is 0 Å². The average Bonchev–Trinajstić information content (AvgIpc) is 2.67. The van der Waals surface area contributed by atoms with Gasteiger partial charge >= 0.3 is 14.4 Å². The van der Waals surface area contributed by atoms with Crippen LogP contribution in [0.15, 0.2) is 0 Å². The zero-order chi connectivity index (χ0) is 19.5. The molecule has 1 atom stereocenters. The van der Waals surface area contributed by atoms with Gasteiger partial charge in [-0.15, -0.1) is 0 Å². The predicted molar refractivity (Wildman–Crippen MR) is 101 cm³/mol. The Morgan fingerprint density at radius 1 is 0.760 bits per heavy atom. The Morgan fingerprint density at radius 3 is 1.48 bits per heavy atom. The maximum Gasteiger partial charge on any atom is 0.640 e. The minimum atomic E-state index is -0.743. The van der Waals surface area contributed by atoms with Gasteiger partial charge in [0, 0.05) is 0 Å². The summed E-state index contributed by atoms with van der Waals surface area (Å²) in [4.78, 5) is 0. The van der Waals surface area contributed by atoms with Crippen molar-refractivity contribution >= 4 is 14.4 Å². The van der Waals surface area contributed by atoms with Gasteiger partial charge in [0.05, 0.1) is 27.9 Å². The maximum absolute atomic E-state index is 6.36. The standard InChI is InChI=1S/C18H36B2O5/c1-13(2)12-18(11,19-21-14(3,4)15(5,6)22-19)25-20-23-16(7,8)17(9,10)24-20/h13H,12H2,1-11H3. The van der Waals surface area contributed by atoms with E-state index in [1.165, 1.54) is 0 Å². The second kappa shape index (κ2) is 6.23. The van der Waals surface area contributed by atoms with E-state index < -0.39 is 42.3 Å². The molecule has 0 aromatic rings.